The van der Waals surface area contributed by atoms with Crippen molar-refractivity contribution in [2.24, 2.45) is 18.9 Å². The highest BCUT2D eigenvalue weighted by Gasteiger charge is 2.22. The van der Waals surface area contributed by atoms with Crippen LogP contribution in [0.1, 0.15) is 31.2 Å². The third-order valence-corrected chi connectivity index (χ3v) is 7.09. The molecule has 0 bridgehead atoms. The van der Waals surface area contributed by atoms with Gasteiger partial charge in [-0.05, 0) is 69.3 Å². The molecule has 1 aliphatic carbocycles. The van der Waals surface area contributed by atoms with Crippen LogP contribution in [-0.2, 0) is 13.6 Å². The zero-order valence-electron chi connectivity index (χ0n) is 22.3. The van der Waals surface area contributed by atoms with Crippen molar-refractivity contribution in [3.8, 4) is 28.4 Å². The fraction of sp³-hybridized carbons (Fsp3) is 0.414. The van der Waals surface area contributed by atoms with Gasteiger partial charge in [0.15, 0.2) is 11.6 Å². The number of hydrogen-bond acceptors (Lipinski definition) is 7. The van der Waals surface area contributed by atoms with Crippen LogP contribution < -0.4 is 10.3 Å². The molecule has 0 aliphatic heterocycles. The van der Waals surface area contributed by atoms with Gasteiger partial charge in [0.25, 0.3) is 5.56 Å². The molecule has 3 heterocycles. The van der Waals surface area contributed by atoms with E-state index in [1.165, 1.54) is 43.0 Å². The van der Waals surface area contributed by atoms with Crippen molar-refractivity contribution in [2.75, 3.05) is 27.2 Å². The van der Waals surface area contributed by atoms with Gasteiger partial charge < -0.3 is 9.64 Å². The summed E-state index contributed by atoms with van der Waals surface area (Å²) in [5.74, 6) is 2.72. The number of hydrogen-bond donors (Lipinski definition) is 0. The fourth-order valence-corrected chi connectivity index (χ4v) is 5.10. The highest BCUT2D eigenvalue weighted by molar-refractivity contribution is 5.57. The van der Waals surface area contributed by atoms with Crippen LogP contribution in [0.3, 0.4) is 0 Å². The summed E-state index contributed by atoms with van der Waals surface area (Å²) in [6.45, 7) is 2.24. The Morgan fingerprint density at radius 3 is 2.45 bits per heavy atom. The SMILES string of the molecule is CN(C)CC1CCC(COc2cnc(-c3cccc(Cn4nc(-c5cnn(C)c5)ccc4=O)c3)nc2)CC1. The van der Waals surface area contributed by atoms with E-state index in [2.05, 4.69) is 39.2 Å². The average Bonchev–Trinajstić information content (AvgIpc) is 3.36. The smallest absolute Gasteiger partial charge is 0.267 e. The lowest BCUT2D eigenvalue weighted by Crippen LogP contribution is -2.27. The molecule has 1 aliphatic rings. The first-order valence-corrected chi connectivity index (χ1v) is 13.2. The first kappa shape index (κ1) is 25.8. The van der Waals surface area contributed by atoms with E-state index in [9.17, 15) is 4.79 Å². The number of ether oxygens (including phenoxy) is 1. The predicted molar refractivity (Wildman–Crippen MR) is 147 cm³/mol. The largest absolute Gasteiger partial charge is 0.490 e. The Morgan fingerprint density at radius 2 is 1.74 bits per heavy atom. The second kappa shape index (κ2) is 11.7. The Kier molecular flexibility index (Phi) is 7.93. The summed E-state index contributed by atoms with van der Waals surface area (Å²) in [5.41, 5.74) is 3.23. The molecular weight excluding hydrogens is 478 g/mol. The van der Waals surface area contributed by atoms with Crippen LogP contribution in [0.2, 0.25) is 0 Å². The molecule has 0 N–H and O–H groups in total. The molecule has 1 fully saturated rings. The van der Waals surface area contributed by atoms with Crippen molar-refractivity contribution in [1.82, 2.24) is 34.4 Å². The minimum atomic E-state index is -0.160. The number of aromatic nitrogens is 6. The molecule has 0 spiro atoms. The molecule has 5 rings (SSSR count). The van der Waals surface area contributed by atoms with Gasteiger partial charge >= 0.3 is 0 Å². The quantitative estimate of drug-likeness (QED) is 0.335. The van der Waals surface area contributed by atoms with Crippen LogP contribution in [0, 0.1) is 11.8 Å². The molecule has 0 radical (unpaired) electrons. The molecule has 9 nitrogen and oxygen atoms in total. The van der Waals surface area contributed by atoms with Crippen molar-refractivity contribution < 1.29 is 4.74 Å². The average molecular weight is 514 g/mol. The lowest BCUT2D eigenvalue weighted by atomic mass is 9.82. The maximum absolute atomic E-state index is 12.5. The Bertz CT molecular complexity index is 1400. The summed E-state index contributed by atoms with van der Waals surface area (Å²) >= 11 is 0. The molecule has 3 aromatic heterocycles. The fourth-order valence-electron chi connectivity index (χ4n) is 5.10. The van der Waals surface area contributed by atoms with Gasteiger partial charge in [0, 0.05) is 37.0 Å². The van der Waals surface area contributed by atoms with Gasteiger partial charge in [0.1, 0.15) is 0 Å². The minimum Gasteiger partial charge on any atom is -0.490 e. The van der Waals surface area contributed by atoms with Crippen molar-refractivity contribution in [2.45, 2.75) is 32.2 Å². The van der Waals surface area contributed by atoms with E-state index in [4.69, 9.17) is 4.74 Å². The molecule has 0 saturated heterocycles. The monoisotopic (exact) mass is 513 g/mol. The summed E-state index contributed by atoms with van der Waals surface area (Å²) in [6.07, 6.45) is 12.1. The van der Waals surface area contributed by atoms with Crippen LogP contribution in [-0.4, -0.2) is 61.7 Å². The first-order valence-electron chi connectivity index (χ1n) is 13.2. The van der Waals surface area contributed by atoms with Crippen molar-refractivity contribution in [1.29, 1.82) is 0 Å². The molecule has 0 atom stereocenters. The van der Waals surface area contributed by atoms with Crippen LogP contribution >= 0.6 is 0 Å². The molecule has 198 valence electrons. The summed E-state index contributed by atoms with van der Waals surface area (Å²) < 4.78 is 9.21. The van der Waals surface area contributed by atoms with Crippen molar-refractivity contribution in [3.05, 3.63) is 77.1 Å². The molecule has 9 heteroatoms. The number of aryl methyl sites for hydroxylation is 1. The maximum Gasteiger partial charge on any atom is 0.267 e. The van der Waals surface area contributed by atoms with Crippen molar-refractivity contribution >= 4 is 0 Å². The maximum atomic E-state index is 12.5. The third kappa shape index (κ3) is 6.52. The standard InChI is InChI=1S/C29H35N7O2/c1-34(2)17-21-7-9-22(10-8-21)20-38-26-15-30-29(31-16-26)24-6-4-5-23(13-24)18-36-28(37)12-11-27(33-36)25-14-32-35(3)19-25/h4-6,11-16,19,21-22H,7-10,17-18,20H2,1-3H3. The normalized spacial score (nSPS) is 17.6. The first-order chi connectivity index (χ1) is 18.4. The van der Waals surface area contributed by atoms with Gasteiger partial charge in [-0.15, -0.1) is 0 Å². The molecular formula is C29H35N7O2. The Hall–Kier alpha value is -3.85. The number of nitrogens with zero attached hydrogens (tertiary/aromatic N) is 7. The van der Waals surface area contributed by atoms with E-state index in [0.29, 0.717) is 36.3 Å². The Balaban J connectivity index is 1.20. The van der Waals surface area contributed by atoms with E-state index in [1.54, 1.807) is 29.3 Å². The van der Waals surface area contributed by atoms with Crippen LogP contribution in [0.15, 0.2) is 66.0 Å². The van der Waals surface area contributed by atoms with Crippen molar-refractivity contribution in [3.63, 3.8) is 0 Å². The Morgan fingerprint density at radius 1 is 0.974 bits per heavy atom. The molecule has 1 saturated carbocycles. The van der Waals surface area contributed by atoms with E-state index in [1.807, 2.05) is 37.5 Å². The minimum absolute atomic E-state index is 0.160. The third-order valence-electron chi connectivity index (χ3n) is 7.09. The highest BCUT2D eigenvalue weighted by Crippen LogP contribution is 2.29. The summed E-state index contributed by atoms with van der Waals surface area (Å²) in [7, 11) is 6.15. The molecule has 1 aromatic carbocycles. The van der Waals surface area contributed by atoms with Gasteiger partial charge in [0.2, 0.25) is 0 Å². The lowest BCUT2D eigenvalue weighted by Gasteiger charge is -2.30. The second-order valence-electron chi connectivity index (χ2n) is 10.5. The van der Waals surface area contributed by atoms with E-state index >= 15 is 0 Å². The summed E-state index contributed by atoms with van der Waals surface area (Å²) in [5, 5.41) is 8.73. The van der Waals surface area contributed by atoms with E-state index in [0.717, 1.165) is 22.6 Å². The van der Waals surface area contributed by atoms with Crippen LogP contribution in [0.5, 0.6) is 5.75 Å². The molecule has 0 amide bonds. The predicted octanol–water partition coefficient (Wildman–Crippen LogP) is 3.90. The molecule has 0 unspecified atom stereocenters. The van der Waals surface area contributed by atoms with Gasteiger partial charge in [0.05, 0.1) is 37.4 Å². The zero-order chi connectivity index (χ0) is 26.5. The van der Waals surface area contributed by atoms with E-state index < -0.39 is 0 Å². The topological polar surface area (TPSA) is 91.0 Å². The molecule has 38 heavy (non-hydrogen) atoms. The van der Waals surface area contributed by atoms with Gasteiger partial charge in [-0.2, -0.15) is 10.2 Å². The summed E-state index contributed by atoms with van der Waals surface area (Å²) in [4.78, 5) is 23.9. The van der Waals surface area contributed by atoms with E-state index in [-0.39, 0.29) is 5.56 Å². The summed E-state index contributed by atoms with van der Waals surface area (Å²) in [6, 6.07) is 11.1. The lowest BCUT2D eigenvalue weighted by molar-refractivity contribution is 0.166. The number of benzene rings is 1. The second-order valence-corrected chi connectivity index (χ2v) is 10.5. The van der Waals surface area contributed by atoms with Crippen LogP contribution in [0.25, 0.3) is 22.6 Å². The van der Waals surface area contributed by atoms with Gasteiger partial charge in [-0.1, -0.05) is 18.2 Å². The van der Waals surface area contributed by atoms with Crippen LogP contribution in [0.4, 0.5) is 0 Å². The molecule has 4 aromatic rings. The number of rotatable bonds is 9. The Labute approximate surface area is 223 Å². The highest BCUT2D eigenvalue weighted by atomic mass is 16.5. The zero-order valence-corrected chi connectivity index (χ0v) is 22.3. The van der Waals surface area contributed by atoms with Gasteiger partial charge in [-0.25, -0.2) is 14.6 Å². The van der Waals surface area contributed by atoms with Gasteiger partial charge in [-0.3, -0.25) is 9.48 Å².